The molecule has 6 nitrogen and oxygen atoms in total. The highest BCUT2D eigenvalue weighted by molar-refractivity contribution is 7.12. The van der Waals surface area contributed by atoms with Gasteiger partial charge < -0.3 is 15.0 Å². The second kappa shape index (κ2) is 7.49. The molecule has 25 heavy (non-hydrogen) atoms. The highest BCUT2D eigenvalue weighted by Gasteiger charge is 2.20. The topological polar surface area (TPSA) is 67.4 Å². The molecular weight excluding hydrogens is 336 g/mol. The van der Waals surface area contributed by atoms with Crippen LogP contribution in [0.2, 0.25) is 0 Å². The van der Waals surface area contributed by atoms with Gasteiger partial charge in [0.1, 0.15) is 12.1 Å². The maximum Gasteiger partial charge on any atom is 0.261 e. The maximum absolute atomic E-state index is 12.6. The molecular formula is C18H22N4O2S. The van der Waals surface area contributed by atoms with E-state index in [1.165, 1.54) is 24.0 Å². The molecule has 2 aliphatic rings. The third-order valence-corrected chi connectivity index (χ3v) is 5.85. The maximum atomic E-state index is 12.6. The number of aromatic nitrogens is 2. The third kappa shape index (κ3) is 3.67. The van der Waals surface area contributed by atoms with Gasteiger partial charge in [0.15, 0.2) is 0 Å². The molecule has 0 unspecified atom stereocenters. The second-order valence-electron chi connectivity index (χ2n) is 6.43. The number of thiophene rings is 1. The molecule has 0 spiro atoms. The average Bonchev–Trinajstić information content (AvgIpc) is 3.11. The van der Waals surface area contributed by atoms with Crippen LogP contribution in [0, 0.1) is 0 Å². The third-order valence-electron chi connectivity index (χ3n) is 4.78. The SMILES string of the molecule is O=C(NCc1cc(N2CCOCC2)ncn1)c1scc2c1CCCC2. The van der Waals surface area contributed by atoms with Crippen LogP contribution in [0.3, 0.4) is 0 Å². The summed E-state index contributed by atoms with van der Waals surface area (Å²) in [6, 6.07) is 1.95. The number of hydrogen-bond acceptors (Lipinski definition) is 6. The van der Waals surface area contributed by atoms with Crippen molar-refractivity contribution in [1.29, 1.82) is 0 Å². The summed E-state index contributed by atoms with van der Waals surface area (Å²) in [7, 11) is 0. The molecule has 1 saturated heterocycles. The van der Waals surface area contributed by atoms with E-state index in [-0.39, 0.29) is 5.91 Å². The van der Waals surface area contributed by atoms with Crippen LogP contribution in [0.15, 0.2) is 17.8 Å². The van der Waals surface area contributed by atoms with Crippen LogP contribution in [-0.2, 0) is 24.1 Å². The van der Waals surface area contributed by atoms with Crippen LogP contribution in [0.25, 0.3) is 0 Å². The molecule has 1 amide bonds. The molecule has 3 heterocycles. The molecule has 2 aromatic rings. The van der Waals surface area contributed by atoms with Gasteiger partial charge in [-0.2, -0.15) is 0 Å². The van der Waals surface area contributed by atoms with E-state index in [1.54, 1.807) is 17.7 Å². The summed E-state index contributed by atoms with van der Waals surface area (Å²) in [5.41, 5.74) is 3.44. The van der Waals surface area contributed by atoms with E-state index in [9.17, 15) is 4.79 Å². The van der Waals surface area contributed by atoms with Gasteiger partial charge in [-0.1, -0.05) is 0 Å². The van der Waals surface area contributed by atoms with Gasteiger partial charge in [0.05, 0.1) is 30.3 Å². The zero-order chi connectivity index (χ0) is 17.1. The fourth-order valence-corrected chi connectivity index (χ4v) is 4.48. The molecule has 0 saturated carbocycles. The lowest BCUT2D eigenvalue weighted by molar-refractivity contribution is 0.0953. The first-order valence-electron chi connectivity index (χ1n) is 8.82. The van der Waals surface area contributed by atoms with E-state index >= 15 is 0 Å². The van der Waals surface area contributed by atoms with E-state index in [0.29, 0.717) is 6.54 Å². The first kappa shape index (κ1) is 16.5. The van der Waals surface area contributed by atoms with Gasteiger partial charge in [0, 0.05) is 19.2 Å². The number of hydrogen-bond donors (Lipinski definition) is 1. The molecule has 7 heteroatoms. The molecule has 1 fully saturated rings. The first-order valence-corrected chi connectivity index (χ1v) is 9.70. The van der Waals surface area contributed by atoms with Gasteiger partial charge in [-0.25, -0.2) is 9.97 Å². The standard InChI is InChI=1S/C18H22N4O2S/c23-18(17-15-4-2-1-3-13(15)11-25-17)19-10-14-9-16(21-12-20-14)22-5-7-24-8-6-22/h9,11-12H,1-8,10H2,(H,19,23). The fraction of sp³-hybridized carbons (Fsp3) is 0.500. The minimum atomic E-state index is 0.0136. The van der Waals surface area contributed by atoms with Gasteiger partial charge in [-0.3, -0.25) is 4.79 Å². The van der Waals surface area contributed by atoms with Crippen molar-refractivity contribution in [2.45, 2.75) is 32.2 Å². The summed E-state index contributed by atoms with van der Waals surface area (Å²) < 4.78 is 5.38. The molecule has 0 bridgehead atoms. The molecule has 0 radical (unpaired) electrons. The number of ether oxygens (including phenoxy) is 1. The Morgan fingerprint density at radius 2 is 2.08 bits per heavy atom. The Labute approximate surface area is 151 Å². The molecule has 132 valence electrons. The quantitative estimate of drug-likeness (QED) is 0.907. The van der Waals surface area contributed by atoms with Crippen molar-refractivity contribution in [3.63, 3.8) is 0 Å². The van der Waals surface area contributed by atoms with Gasteiger partial charge in [0.2, 0.25) is 0 Å². The molecule has 2 aromatic heterocycles. The lowest BCUT2D eigenvalue weighted by Gasteiger charge is -2.27. The first-order chi connectivity index (χ1) is 12.3. The Morgan fingerprint density at radius 3 is 2.96 bits per heavy atom. The molecule has 1 aliphatic heterocycles. The molecule has 0 atom stereocenters. The number of anilines is 1. The van der Waals surface area contributed by atoms with Gasteiger partial charge >= 0.3 is 0 Å². The van der Waals surface area contributed by atoms with Crippen molar-refractivity contribution >= 4 is 23.1 Å². The van der Waals surface area contributed by atoms with E-state index in [4.69, 9.17) is 4.74 Å². The second-order valence-corrected chi connectivity index (χ2v) is 7.31. The fourth-order valence-electron chi connectivity index (χ4n) is 3.41. The lowest BCUT2D eigenvalue weighted by atomic mass is 9.94. The lowest BCUT2D eigenvalue weighted by Crippen LogP contribution is -2.37. The summed E-state index contributed by atoms with van der Waals surface area (Å²) in [6.07, 6.45) is 6.11. The smallest absolute Gasteiger partial charge is 0.261 e. The van der Waals surface area contributed by atoms with Gasteiger partial charge in [-0.15, -0.1) is 11.3 Å². The highest BCUT2D eigenvalue weighted by Crippen LogP contribution is 2.29. The summed E-state index contributed by atoms with van der Waals surface area (Å²) in [5, 5.41) is 5.16. The number of rotatable bonds is 4. The molecule has 4 rings (SSSR count). The van der Waals surface area contributed by atoms with Gasteiger partial charge in [0.25, 0.3) is 5.91 Å². The van der Waals surface area contributed by atoms with Crippen LogP contribution in [0.5, 0.6) is 0 Å². The Balaban J connectivity index is 1.41. The number of amides is 1. The minimum absolute atomic E-state index is 0.0136. The monoisotopic (exact) mass is 358 g/mol. The average molecular weight is 358 g/mol. The molecule has 1 N–H and O–H groups in total. The number of nitrogens with one attached hydrogen (secondary N) is 1. The van der Waals surface area contributed by atoms with Crippen molar-refractivity contribution < 1.29 is 9.53 Å². The van der Waals surface area contributed by atoms with Crippen molar-refractivity contribution in [1.82, 2.24) is 15.3 Å². The van der Waals surface area contributed by atoms with E-state index in [0.717, 1.165) is 55.5 Å². The Hall–Kier alpha value is -1.99. The van der Waals surface area contributed by atoms with E-state index < -0.39 is 0 Å². The summed E-state index contributed by atoms with van der Waals surface area (Å²) in [6.45, 7) is 3.54. The number of carbonyl (C=O) groups is 1. The summed E-state index contributed by atoms with van der Waals surface area (Å²) in [4.78, 5) is 24.3. The number of morpholine rings is 1. The molecule has 0 aromatic carbocycles. The van der Waals surface area contributed by atoms with Crippen LogP contribution in [-0.4, -0.2) is 42.2 Å². The molecule has 1 aliphatic carbocycles. The minimum Gasteiger partial charge on any atom is -0.378 e. The Morgan fingerprint density at radius 1 is 1.24 bits per heavy atom. The Bertz CT molecular complexity index is 755. The van der Waals surface area contributed by atoms with Crippen molar-refractivity contribution in [3.05, 3.63) is 39.5 Å². The van der Waals surface area contributed by atoms with Crippen molar-refractivity contribution in [2.75, 3.05) is 31.2 Å². The Kier molecular flexibility index (Phi) is 4.94. The van der Waals surface area contributed by atoms with E-state index in [1.807, 2.05) is 6.07 Å². The number of aryl methyl sites for hydroxylation is 1. The zero-order valence-electron chi connectivity index (χ0n) is 14.2. The highest BCUT2D eigenvalue weighted by atomic mass is 32.1. The predicted molar refractivity (Wildman–Crippen MR) is 97.2 cm³/mol. The van der Waals surface area contributed by atoms with Crippen LogP contribution < -0.4 is 10.2 Å². The van der Waals surface area contributed by atoms with Crippen LogP contribution >= 0.6 is 11.3 Å². The normalized spacial score (nSPS) is 17.2. The number of nitrogens with zero attached hydrogens (tertiary/aromatic N) is 3. The number of carbonyl (C=O) groups excluding carboxylic acids is 1. The zero-order valence-corrected chi connectivity index (χ0v) is 15.0. The number of fused-ring (bicyclic) bond motifs is 1. The van der Waals surface area contributed by atoms with Gasteiger partial charge in [-0.05, 0) is 42.2 Å². The van der Waals surface area contributed by atoms with Crippen molar-refractivity contribution in [2.24, 2.45) is 0 Å². The largest absolute Gasteiger partial charge is 0.378 e. The summed E-state index contributed by atoms with van der Waals surface area (Å²) in [5.74, 6) is 0.913. The van der Waals surface area contributed by atoms with E-state index in [2.05, 4.69) is 25.6 Å². The predicted octanol–water partition coefficient (Wildman–Crippen LogP) is 2.18. The summed E-state index contributed by atoms with van der Waals surface area (Å²) >= 11 is 1.57. The van der Waals surface area contributed by atoms with Crippen molar-refractivity contribution in [3.8, 4) is 0 Å². The van der Waals surface area contributed by atoms with Crippen LogP contribution in [0.1, 0.15) is 39.3 Å². The van der Waals surface area contributed by atoms with Crippen LogP contribution in [0.4, 0.5) is 5.82 Å².